The molecule has 17 heavy (non-hydrogen) atoms. The molecular weight excluding hydrogens is 248 g/mol. The van der Waals surface area contributed by atoms with E-state index in [0.29, 0.717) is 0 Å². The lowest BCUT2D eigenvalue weighted by molar-refractivity contribution is 0.249. The fraction of sp³-hybridized carbons (Fsp3) is 0.286. The maximum Gasteiger partial charge on any atom is 0.312 e. The van der Waals surface area contributed by atoms with Crippen molar-refractivity contribution in [3.63, 3.8) is 0 Å². The van der Waals surface area contributed by atoms with Gasteiger partial charge in [0.05, 0.1) is 12.4 Å². The summed E-state index contributed by atoms with van der Waals surface area (Å²) in [5, 5.41) is 2.24. The van der Waals surface area contributed by atoms with Gasteiger partial charge in [-0.25, -0.2) is 27.9 Å². The van der Waals surface area contributed by atoms with Crippen molar-refractivity contribution in [1.29, 1.82) is 0 Å². The number of amides is 2. The monoisotopic (exact) mass is 260 g/mol. The summed E-state index contributed by atoms with van der Waals surface area (Å²) in [4.78, 5) is 17.3. The molecule has 1 rings (SSSR count). The summed E-state index contributed by atoms with van der Waals surface area (Å²) in [6.07, 6.45) is 2.18. The highest BCUT2D eigenvalue weighted by Gasteiger charge is 2.14. The van der Waals surface area contributed by atoms with Crippen LogP contribution in [0.2, 0.25) is 0 Å². The van der Waals surface area contributed by atoms with Gasteiger partial charge in [0.15, 0.2) is 0 Å². The summed E-state index contributed by atoms with van der Waals surface area (Å²) in [6.45, 7) is 0.0973. The van der Waals surface area contributed by atoms with Crippen LogP contribution in [0.25, 0.3) is 0 Å². The molecule has 9 nitrogen and oxygen atoms in total. The molecule has 1 aromatic heterocycles. The van der Waals surface area contributed by atoms with E-state index in [-0.39, 0.29) is 23.9 Å². The third kappa shape index (κ3) is 4.20. The number of carbonyl (C=O) groups is 1. The summed E-state index contributed by atoms with van der Waals surface area (Å²) >= 11 is 0. The van der Waals surface area contributed by atoms with Crippen molar-refractivity contribution in [2.24, 2.45) is 5.73 Å². The number of hydrogen-bond donors (Lipinski definition) is 4. The van der Waals surface area contributed by atoms with Crippen LogP contribution in [0.15, 0.2) is 17.3 Å². The van der Waals surface area contributed by atoms with Crippen LogP contribution in [0, 0.1) is 0 Å². The largest absolute Gasteiger partial charge is 0.368 e. The van der Waals surface area contributed by atoms with Crippen molar-refractivity contribution in [3.8, 4) is 0 Å². The fourth-order valence-corrected chi connectivity index (χ4v) is 1.84. The van der Waals surface area contributed by atoms with Crippen LogP contribution in [-0.2, 0) is 10.0 Å². The number of nitrogens with two attached hydrogens (primary N) is 2. The fourth-order valence-electron chi connectivity index (χ4n) is 0.919. The summed E-state index contributed by atoms with van der Waals surface area (Å²) in [5.41, 5.74) is 10.0. The average Bonchev–Trinajstić information content (AvgIpc) is 2.25. The minimum Gasteiger partial charge on any atom is -0.368 e. The van der Waals surface area contributed by atoms with Crippen molar-refractivity contribution >= 4 is 22.0 Å². The first kappa shape index (κ1) is 13.1. The van der Waals surface area contributed by atoms with E-state index in [2.05, 4.69) is 20.0 Å². The first-order chi connectivity index (χ1) is 7.92. The Hall–Kier alpha value is -1.94. The highest BCUT2D eigenvalue weighted by atomic mass is 32.2. The van der Waals surface area contributed by atoms with Crippen LogP contribution in [-0.4, -0.2) is 37.5 Å². The number of rotatable bonds is 5. The van der Waals surface area contributed by atoms with Gasteiger partial charge < -0.3 is 16.8 Å². The summed E-state index contributed by atoms with van der Waals surface area (Å²) in [7, 11) is -3.70. The molecule has 0 unspecified atom stereocenters. The predicted octanol–water partition coefficient (Wildman–Crippen LogP) is -1.99. The van der Waals surface area contributed by atoms with Gasteiger partial charge in [0.1, 0.15) is 4.90 Å². The van der Waals surface area contributed by atoms with Crippen LogP contribution in [0.3, 0.4) is 0 Å². The highest BCUT2D eigenvalue weighted by Crippen LogP contribution is 2.04. The molecule has 1 aromatic rings. The molecule has 0 atom stereocenters. The average molecular weight is 260 g/mol. The molecule has 0 aromatic carbocycles. The van der Waals surface area contributed by atoms with Crippen LogP contribution in [0.5, 0.6) is 0 Å². The molecule has 0 spiro atoms. The molecule has 0 aliphatic rings. The van der Waals surface area contributed by atoms with Gasteiger partial charge in [-0.05, 0) is 0 Å². The summed E-state index contributed by atoms with van der Waals surface area (Å²) < 4.78 is 25.5. The summed E-state index contributed by atoms with van der Waals surface area (Å²) in [5.74, 6) is -0.0145. The lowest BCUT2D eigenvalue weighted by atomic mass is 10.6. The number of nitrogen functional groups attached to an aromatic ring is 1. The van der Waals surface area contributed by atoms with Gasteiger partial charge in [-0.2, -0.15) is 0 Å². The molecule has 10 heteroatoms. The maximum atomic E-state index is 11.6. The van der Waals surface area contributed by atoms with Gasteiger partial charge in [-0.1, -0.05) is 0 Å². The predicted molar refractivity (Wildman–Crippen MR) is 59.2 cm³/mol. The van der Waals surface area contributed by atoms with E-state index in [1.54, 1.807) is 0 Å². The number of sulfonamides is 1. The lowest BCUT2D eigenvalue weighted by Gasteiger charge is -2.06. The zero-order valence-corrected chi connectivity index (χ0v) is 9.57. The Balaban J connectivity index is 2.57. The number of carbonyl (C=O) groups excluding carboxylic acids is 1. The smallest absolute Gasteiger partial charge is 0.312 e. The van der Waals surface area contributed by atoms with Crippen molar-refractivity contribution in [1.82, 2.24) is 20.0 Å². The molecule has 0 aliphatic carbocycles. The van der Waals surface area contributed by atoms with Crippen molar-refractivity contribution < 1.29 is 13.2 Å². The molecule has 94 valence electrons. The Bertz CT molecular complexity index is 485. The van der Waals surface area contributed by atoms with Crippen molar-refractivity contribution in [3.05, 3.63) is 12.4 Å². The Labute approximate surface area is 97.7 Å². The Morgan fingerprint density at radius 3 is 2.41 bits per heavy atom. The van der Waals surface area contributed by atoms with E-state index < -0.39 is 16.1 Å². The van der Waals surface area contributed by atoms with Crippen LogP contribution in [0.1, 0.15) is 0 Å². The van der Waals surface area contributed by atoms with E-state index in [1.807, 2.05) is 0 Å². The van der Waals surface area contributed by atoms with Gasteiger partial charge in [0, 0.05) is 13.1 Å². The van der Waals surface area contributed by atoms with E-state index in [9.17, 15) is 13.2 Å². The number of aromatic nitrogens is 2. The minimum absolute atomic E-state index is 0.00957. The molecule has 0 saturated heterocycles. The first-order valence-corrected chi connectivity index (χ1v) is 6.00. The SMILES string of the molecule is NC(=O)NCCNS(=O)(=O)c1cnc(N)nc1. The van der Waals surface area contributed by atoms with Crippen LogP contribution < -0.4 is 21.5 Å². The van der Waals surface area contributed by atoms with Crippen molar-refractivity contribution in [2.45, 2.75) is 4.90 Å². The first-order valence-electron chi connectivity index (χ1n) is 4.52. The second-order valence-corrected chi connectivity index (χ2v) is 4.73. The lowest BCUT2D eigenvalue weighted by Crippen LogP contribution is -2.37. The molecule has 0 bridgehead atoms. The van der Waals surface area contributed by atoms with Gasteiger partial charge in [-0.3, -0.25) is 0 Å². The number of primary amides is 1. The molecule has 0 saturated carbocycles. The number of hydrogen-bond acceptors (Lipinski definition) is 6. The van der Waals surface area contributed by atoms with E-state index in [1.165, 1.54) is 0 Å². The normalized spacial score (nSPS) is 11.1. The second kappa shape index (κ2) is 5.41. The topological polar surface area (TPSA) is 153 Å². The minimum atomic E-state index is -3.70. The molecule has 1 heterocycles. The van der Waals surface area contributed by atoms with E-state index >= 15 is 0 Å². The summed E-state index contributed by atoms with van der Waals surface area (Å²) in [6, 6.07) is -0.722. The second-order valence-electron chi connectivity index (χ2n) is 2.97. The van der Waals surface area contributed by atoms with Gasteiger partial charge >= 0.3 is 6.03 Å². The third-order valence-corrected chi connectivity index (χ3v) is 3.09. The maximum absolute atomic E-state index is 11.6. The standard InChI is InChI=1S/C7H12N6O3S/c8-6-11-3-5(4-12-6)17(15,16)13-2-1-10-7(9)14/h3-4,13H,1-2H2,(H2,8,11,12)(H3,9,10,14). The van der Waals surface area contributed by atoms with Crippen LogP contribution >= 0.6 is 0 Å². The van der Waals surface area contributed by atoms with Crippen molar-refractivity contribution in [2.75, 3.05) is 18.8 Å². The van der Waals surface area contributed by atoms with E-state index in [0.717, 1.165) is 12.4 Å². The van der Waals surface area contributed by atoms with E-state index in [4.69, 9.17) is 11.5 Å². The molecular formula is C7H12N6O3S. The van der Waals surface area contributed by atoms with Gasteiger partial charge in [-0.15, -0.1) is 0 Å². The third-order valence-electron chi connectivity index (χ3n) is 1.67. The molecule has 2 amide bonds. The quantitative estimate of drug-likeness (QED) is 0.449. The zero-order chi connectivity index (χ0) is 12.9. The molecule has 0 aliphatic heterocycles. The Kier molecular flexibility index (Phi) is 4.17. The zero-order valence-electron chi connectivity index (χ0n) is 8.75. The number of nitrogens with one attached hydrogen (secondary N) is 2. The van der Waals surface area contributed by atoms with Gasteiger partial charge in [0.25, 0.3) is 0 Å². The molecule has 0 fully saturated rings. The number of nitrogens with zero attached hydrogens (tertiary/aromatic N) is 2. The Morgan fingerprint density at radius 1 is 1.29 bits per heavy atom. The number of anilines is 1. The highest BCUT2D eigenvalue weighted by molar-refractivity contribution is 7.89. The van der Waals surface area contributed by atoms with Gasteiger partial charge in [0.2, 0.25) is 16.0 Å². The van der Waals surface area contributed by atoms with Crippen LogP contribution in [0.4, 0.5) is 10.7 Å². The Morgan fingerprint density at radius 2 is 1.88 bits per heavy atom. The number of urea groups is 1. The molecule has 0 radical (unpaired) electrons. The molecule has 6 N–H and O–H groups in total.